The number of halogens is 6. The summed E-state index contributed by atoms with van der Waals surface area (Å²) in [7, 11) is 1.26. The topological polar surface area (TPSA) is 82.4 Å². The zero-order valence-electron chi connectivity index (χ0n) is 25.2. The number of hydrogen-bond acceptors (Lipinski definition) is 7. The molecule has 4 aromatic rings. The van der Waals surface area contributed by atoms with Crippen LogP contribution in [0.15, 0.2) is 78.9 Å². The van der Waals surface area contributed by atoms with E-state index in [1.54, 1.807) is 0 Å². The van der Waals surface area contributed by atoms with Crippen molar-refractivity contribution in [3.8, 4) is 0 Å². The number of tetrazole rings is 1. The highest BCUT2D eigenvalue weighted by Gasteiger charge is 2.61. The molecule has 2 aliphatic heterocycles. The van der Waals surface area contributed by atoms with Crippen molar-refractivity contribution in [1.29, 1.82) is 0 Å². The van der Waals surface area contributed by atoms with Gasteiger partial charge in [0.05, 0.1) is 36.5 Å². The maximum Gasteiger partial charge on any atom is 0.416 e. The van der Waals surface area contributed by atoms with Gasteiger partial charge in [-0.1, -0.05) is 60.7 Å². The van der Waals surface area contributed by atoms with Crippen LogP contribution in [-0.4, -0.2) is 50.3 Å². The van der Waals surface area contributed by atoms with Gasteiger partial charge >= 0.3 is 18.3 Å². The van der Waals surface area contributed by atoms with E-state index in [0.717, 1.165) is 11.1 Å². The molecule has 47 heavy (non-hydrogen) atoms. The molecule has 0 radical (unpaired) electrons. The molecule has 0 N–H and O–H groups in total. The lowest BCUT2D eigenvalue weighted by Crippen LogP contribution is -2.56. The molecule has 2 saturated heterocycles. The fourth-order valence-electron chi connectivity index (χ4n) is 7.01. The summed E-state index contributed by atoms with van der Waals surface area (Å²) >= 11 is 0. The largest absolute Gasteiger partial charge is 0.468 e. The van der Waals surface area contributed by atoms with Gasteiger partial charge in [-0.25, -0.2) is 4.79 Å². The Hall–Kier alpha value is -4.30. The van der Waals surface area contributed by atoms with Crippen LogP contribution in [0, 0.1) is 0 Å². The monoisotopic (exact) mass is 659 g/mol. The van der Waals surface area contributed by atoms with Crippen LogP contribution < -0.4 is 0 Å². The lowest BCUT2D eigenvalue weighted by atomic mass is 9.78. The van der Waals surface area contributed by atoms with E-state index in [2.05, 4.69) is 20.3 Å². The van der Waals surface area contributed by atoms with E-state index >= 15 is 0 Å². The molecule has 3 heterocycles. The Bertz CT molecular complexity index is 1670. The number of ether oxygens (including phenoxy) is 2. The standard InChI is InChI=1S/C33H31F6N5O3/c1-46-29(45)19-44-41-30(40-42-44)26-17-31(23-10-6-3-7-11-23)28(13-12-27(26)43(31)18-21-8-4-2-5-9-21)47-20-22-14-24(32(34,35)36)16-25(15-22)33(37,38)39/h2-11,14-16,26-28H,12-13,17-20H2,1H3. The quantitative estimate of drug-likeness (QED) is 0.150. The molecular formula is C33H31F6N5O3. The minimum atomic E-state index is -4.97. The zero-order valence-corrected chi connectivity index (χ0v) is 25.2. The molecule has 0 aliphatic carbocycles. The molecular weight excluding hydrogens is 628 g/mol. The highest BCUT2D eigenvalue weighted by Crippen LogP contribution is 2.57. The van der Waals surface area contributed by atoms with Crippen molar-refractivity contribution >= 4 is 5.97 Å². The molecule has 3 aromatic carbocycles. The zero-order chi connectivity index (χ0) is 33.4. The average Bonchev–Trinajstić information content (AvgIpc) is 3.59. The van der Waals surface area contributed by atoms with Gasteiger partial charge in [-0.15, -0.1) is 10.2 Å². The fraction of sp³-hybridized carbons (Fsp3) is 0.394. The number of carbonyl (C=O) groups excluding carboxylic acids is 1. The average molecular weight is 660 g/mol. The molecule has 0 amide bonds. The normalized spacial score (nSPS) is 23.2. The number of piperidine rings is 1. The number of alkyl halides is 6. The molecule has 2 aliphatic rings. The third kappa shape index (κ3) is 6.61. The molecule has 2 fully saturated rings. The Labute approximate surface area is 266 Å². The lowest BCUT2D eigenvalue weighted by Gasteiger charge is -2.50. The number of nitrogens with zero attached hydrogens (tertiary/aromatic N) is 5. The number of methoxy groups -OCH3 is 1. The van der Waals surface area contributed by atoms with E-state index in [1.807, 2.05) is 60.7 Å². The van der Waals surface area contributed by atoms with Crippen LogP contribution in [0.4, 0.5) is 26.3 Å². The Morgan fingerprint density at radius 3 is 2.15 bits per heavy atom. The first-order chi connectivity index (χ1) is 22.4. The summed E-state index contributed by atoms with van der Waals surface area (Å²) in [5, 5.41) is 12.9. The molecule has 248 valence electrons. The van der Waals surface area contributed by atoms with Crippen LogP contribution in [0.1, 0.15) is 58.8 Å². The Morgan fingerprint density at radius 1 is 0.894 bits per heavy atom. The number of carbonyl (C=O) groups is 1. The fourth-order valence-corrected chi connectivity index (χ4v) is 7.01. The van der Waals surface area contributed by atoms with Gasteiger partial charge in [0.1, 0.15) is 0 Å². The number of rotatable bonds is 9. The predicted molar refractivity (Wildman–Crippen MR) is 155 cm³/mol. The number of aromatic nitrogens is 4. The van der Waals surface area contributed by atoms with Crippen molar-refractivity contribution in [2.24, 2.45) is 0 Å². The summed E-state index contributed by atoms with van der Waals surface area (Å²) in [5.41, 5.74) is -1.97. The summed E-state index contributed by atoms with van der Waals surface area (Å²) in [5.74, 6) is -0.394. The minimum absolute atomic E-state index is 0.114. The molecule has 8 nitrogen and oxygen atoms in total. The van der Waals surface area contributed by atoms with Crippen molar-refractivity contribution in [3.05, 3.63) is 113 Å². The lowest BCUT2D eigenvalue weighted by molar-refractivity contribution is -0.144. The summed E-state index contributed by atoms with van der Waals surface area (Å²) in [4.78, 5) is 15.3. The van der Waals surface area contributed by atoms with E-state index in [0.29, 0.717) is 43.8 Å². The molecule has 4 unspecified atom stereocenters. The van der Waals surface area contributed by atoms with Crippen molar-refractivity contribution < 1.29 is 40.6 Å². The Balaban J connectivity index is 1.40. The van der Waals surface area contributed by atoms with Gasteiger partial charge in [-0.3, -0.25) is 4.90 Å². The first-order valence-corrected chi connectivity index (χ1v) is 15.0. The van der Waals surface area contributed by atoms with E-state index in [4.69, 9.17) is 9.47 Å². The highest BCUT2D eigenvalue weighted by atomic mass is 19.4. The molecule has 6 rings (SSSR count). The summed E-state index contributed by atoms with van der Waals surface area (Å²) in [6, 6.07) is 20.7. The van der Waals surface area contributed by atoms with Gasteiger partial charge in [0.2, 0.25) is 0 Å². The van der Waals surface area contributed by atoms with Gasteiger partial charge in [0.15, 0.2) is 12.4 Å². The van der Waals surface area contributed by atoms with E-state index in [-0.39, 0.29) is 30.1 Å². The molecule has 1 aromatic heterocycles. The van der Waals surface area contributed by atoms with Gasteiger partial charge in [-0.05, 0) is 59.4 Å². The van der Waals surface area contributed by atoms with Crippen LogP contribution in [0.25, 0.3) is 0 Å². The van der Waals surface area contributed by atoms with Crippen LogP contribution in [0.3, 0.4) is 0 Å². The Kier molecular flexibility index (Phi) is 8.83. The van der Waals surface area contributed by atoms with Crippen LogP contribution >= 0.6 is 0 Å². The number of benzene rings is 3. The molecule has 0 saturated carbocycles. The third-order valence-corrected chi connectivity index (χ3v) is 9.03. The van der Waals surface area contributed by atoms with Gasteiger partial charge < -0.3 is 9.47 Å². The SMILES string of the molecule is COC(=O)Cn1nnc(C2CC3(c4ccccc4)C(OCc4cc(C(F)(F)F)cc(C(F)(F)F)c4)CCC2N3Cc2ccccc2)n1. The predicted octanol–water partition coefficient (Wildman–Crippen LogP) is 6.52. The van der Waals surface area contributed by atoms with Crippen molar-refractivity contribution in [3.63, 3.8) is 0 Å². The maximum atomic E-state index is 13.6. The van der Waals surface area contributed by atoms with Gasteiger partial charge in [0, 0.05) is 18.5 Å². The van der Waals surface area contributed by atoms with Crippen LogP contribution in [0.5, 0.6) is 0 Å². The molecule has 14 heteroatoms. The first kappa shape index (κ1) is 32.6. The number of fused-ring (bicyclic) bond motifs is 2. The second-order valence-electron chi connectivity index (χ2n) is 11.8. The number of hydrogen-bond donors (Lipinski definition) is 0. The van der Waals surface area contributed by atoms with Crippen LogP contribution in [-0.2, 0) is 51.9 Å². The molecule has 0 spiro atoms. The summed E-state index contributed by atoms with van der Waals surface area (Å²) in [6.07, 6.45) is -9.07. The smallest absolute Gasteiger partial charge is 0.416 e. The Morgan fingerprint density at radius 2 is 1.53 bits per heavy atom. The second kappa shape index (κ2) is 12.7. The third-order valence-electron chi connectivity index (χ3n) is 9.03. The summed E-state index contributed by atoms with van der Waals surface area (Å²) in [6.45, 7) is -0.204. The van der Waals surface area contributed by atoms with Gasteiger partial charge in [-0.2, -0.15) is 31.1 Å². The first-order valence-electron chi connectivity index (χ1n) is 15.0. The van der Waals surface area contributed by atoms with E-state index in [1.165, 1.54) is 11.9 Å². The molecule has 4 atom stereocenters. The van der Waals surface area contributed by atoms with Crippen molar-refractivity contribution in [2.45, 2.75) is 74.9 Å². The molecule has 2 bridgehead atoms. The van der Waals surface area contributed by atoms with Crippen molar-refractivity contribution in [2.75, 3.05) is 7.11 Å². The van der Waals surface area contributed by atoms with Crippen LogP contribution in [0.2, 0.25) is 0 Å². The van der Waals surface area contributed by atoms with Crippen molar-refractivity contribution in [1.82, 2.24) is 25.1 Å². The second-order valence-corrected chi connectivity index (χ2v) is 11.8. The minimum Gasteiger partial charge on any atom is -0.468 e. The maximum absolute atomic E-state index is 13.6. The summed E-state index contributed by atoms with van der Waals surface area (Å²) < 4.78 is 92.9. The number of esters is 1. The van der Waals surface area contributed by atoms with E-state index in [9.17, 15) is 31.1 Å². The van der Waals surface area contributed by atoms with E-state index < -0.39 is 47.7 Å². The highest BCUT2D eigenvalue weighted by molar-refractivity contribution is 5.68. The van der Waals surface area contributed by atoms with Gasteiger partial charge in [0.25, 0.3) is 0 Å².